The summed E-state index contributed by atoms with van der Waals surface area (Å²) >= 11 is 12.4. The van der Waals surface area contributed by atoms with Crippen LogP contribution in [0, 0.1) is 0 Å². The number of aromatic amines is 1. The number of carbonyl (C=O) groups is 2. The third kappa shape index (κ3) is 3.67. The number of hydrogen-bond donors (Lipinski definition) is 2. The molecule has 4 aromatic rings. The van der Waals surface area contributed by atoms with Gasteiger partial charge in [0.1, 0.15) is 5.76 Å². The van der Waals surface area contributed by atoms with Gasteiger partial charge in [-0.3, -0.25) is 14.6 Å². The van der Waals surface area contributed by atoms with E-state index in [4.69, 9.17) is 23.2 Å². The quantitative estimate of drug-likeness (QED) is 0.231. The molecule has 1 saturated heterocycles. The third-order valence-corrected chi connectivity index (χ3v) is 6.44. The smallest absolute Gasteiger partial charge is 0.296 e. The Labute approximate surface area is 199 Å². The van der Waals surface area contributed by atoms with Gasteiger partial charge in [-0.05, 0) is 35.9 Å². The van der Waals surface area contributed by atoms with E-state index in [1.165, 1.54) is 4.90 Å². The molecule has 2 aromatic heterocycles. The molecule has 6 nitrogen and oxygen atoms in total. The second-order valence-electron chi connectivity index (χ2n) is 7.67. The van der Waals surface area contributed by atoms with Crippen LogP contribution in [-0.2, 0) is 16.1 Å². The van der Waals surface area contributed by atoms with Crippen molar-refractivity contribution >= 4 is 51.6 Å². The number of benzene rings is 2. The number of rotatable bonds is 4. The van der Waals surface area contributed by atoms with E-state index < -0.39 is 17.7 Å². The minimum atomic E-state index is -0.865. The van der Waals surface area contributed by atoms with E-state index in [0.717, 1.165) is 10.9 Å². The Hall–Kier alpha value is -3.61. The van der Waals surface area contributed by atoms with Crippen LogP contribution in [0.1, 0.15) is 22.9 Å². The molecule has 1 amide bonds. The molecule has 1 fully saturated rings. The van der Waals surface area contributed by atoms with Crippen LogP contribution in [0.4, 0.5) is 0 Å². The second kappa shape index (κ2) is 8.39. The number of halogens is 2. The number of fused-ring (bicyclic) bond motifs is 1. The largest absolute Gasteiger partial charge is 0.507 e. The molecule has 0 aliphatic carbocycles. The molecule has 0 spiro atoms. The van der Waals surface area contributed by atoms with Crippen molar-refractivity contribution in [2.24, 2.45) is 0 Å². The van der Waals surface area contributed by atoms with Crippen LogP contribution in [0.5, 0.6) is 0 Å². The Bertz CT molecular complexity index is 1430. The summed E-state index contributed by atoms with van der Waals surface area (Å²) < 4.78 is 0. The third-order valence-electron chi connectivity index (χ3n) is 5.70. The topological polar surface area (TPSA) is 86.3 Å². The first-order valence-electron chi connectivity index (χ1n) is 10.2. The number of nitrogens with one attached hydrogen (secondary N) is 1. The van der Waals surface area contributed by atoms with Crippen molar-refractivity contribution in [1.82, 2.24) is 14.9 Å². The maximum absolute atomic E-state index is 13.2. The number of hydrogen-bond acceptors (Lipinski definition) is 4. The van der Waals surface area contributed by atoms with Gasteiger partial charge in [-0.1, -0.05) is 53.5 Å². The second-order valence-corrected chi connectivity index (χ2v) is 8.48. The van der Waals surface area contributed by atoms with Gasteiger partial charge in [0, 0.05) is 28.9 Å². The lowest BCUT2D eigenvalue weighted by atomic mass is 9.95. The molecule has 1 atom stereocenters. The van der Waals surface area contributed by atoms with Gasteiger partial charge in [0.25, 0.3) is 11.7 Å². The summed E-state index contributed by atoms with van der Waals surface area (Å²) in [4.78, 5) is 35.1. The summed E-state index contributed by atoms with van der Waals surface area (Å²) in [5.74, 6) is -1.76. The molecule has 0 bridgehead atoms. The molecule has 5 rings (SSSR count). The number of amides is 1. The number of pyridine rings is 1. The summed E-state index contributed by atoms with van der Waals surface area (Å²) in [6.45, 7) is 0.0843. The maximum atomic E-state index is 13.2. The van der Waals surface area contributed by atoms with E-state index in [1.54, 1.807) is 48.8 Å². The average Bonchev–Trinajstić information content (AvgIpc) is 3.36. The van der Waals surface area contributed by atoms with E-state index in [9.17, 15) is 14.7 Å². The fourth-order valence-electron chi connectivity index (χ4n) is 4.15. The maximum Gasteiger partial charge on any atom is 0.296 e. The van der Waals surface area contributed by atoms with Crippen molar-refractivity contribution in [3.05, 3.63) is 105 Å². The monoisotopic (exact) mass is 477 g/mol. The number of aliphatic hydroxyl groups excluding tert-OH is 1. The Morgan fingerprint density at radius 3 is 2.58 bits per heavy atom. The van der Waals surface area contributed by atoms with Gasteiger partial charge >= 0.3 is 0 Å². The molecule has 1 aliphatic rings. The predicted octanol–water partition coefficient (Wildman–Crippen LogP) is 5.49. The molecular formula is C25H17Cl2N3O3. The van der Waals surface area contributed by atoms with E-state index in [2.05, 4.69) is 9.97 Å². The lowest BCUT2D eigenvalue weighted by molar-refractivity contribution is -0.140. The summed E-state index contributed by atoms with van der Waals surface area (Å²) in [5.41, 5.74) is 2.39. The number of aromatic nitrogens is 2. The van der Waals surface area contributed by atoms with Gasteiger partial charge in [0.15, 0.2) is 0 Å². The predicted molar refractivity (Wildman–Crippen MR) is 127 cm³/mol. The van der Waals surface area contributed by atoms with E-state index in [-0.39, 0.29) is 22.9 Å². The summed E-state index contributed by atoms with van der Waals surface area (Å²) in [6.07, 6.45) is 3.24. The van der Waals surface area contributed by atoms with Crippen LogP contribution in [0.25, 0.3) is 16.7 Å². The molecule has 2 aromatic carbocycles. The molecule has 1 aliphatic heterocycles. The molecule has 33 heavy (non-hydrogen) atoms. The summed E-state index contributed by atoms with van der Waals surface area (Å²) in [6, 6.07) is 16.8. The fraction of sp³-hybridized carbons (Fsp3) is 0.0800. The first-order chi connectivity index (χ1) is 16.0. The van der Waals surface area contributed by atoms with Crippen LogP contribution >= 0.6 is 23.2 Å². The summed E-state index contributed by atoms with van der Waals surface area (Å²) in [7, 11) is 0. The Balaban J connectivity index is 1.71. The van der Waals surface area contributed by atoms with Crippen LogP contribution in [0.3, 0.4) is 0 Å². The van der Waals surface area contributed by atoms with Crippen molar-refractivity contribution in [1.29, 1.82) is 0 Å². The normalized spacial score (nSPS) is 17.8. The van der Waals surface area contributed by atoms with E-state index >= 15 is 0 Å². The first kappa shape index (κ1) is 21.2. The van der Waals surface area contributed by atoms with Crippen molar-refractivity contribution in [3.63, 3.8) is 0 Å². The van der Waals surface area contributed by atoms with Crippen LogP contribution in [-0.4, -0.2) is 31.7 Å². The molecule has 164 valence electrons. The van der Waals surface area contributed by atoms with Gasteiger partial charge < -0.3 is 15.0 Å². The van der Waals surface area contributed by atoms with Crippen LogP contribution in [0.15, 0.2) is 78.6 Å². The van der Waals surface area contributed by atoms with Gasteiger partial charge in [0.05, 0.1) is 33.9 Å². The van der Waals surface area contributed by atoms with Gasteiger partial charge in [0.2, 0.25) is 0 Å². The van der Waals surface area contributed by atoms with Crippen molar-refractivity contribution < 1.29 is 14.7 Å². The SMILES string of the molecule is O=C1C(=O)N(Cc2ccccn2)C(c2ccc(Cl)c(Cl)c2)/C1=C(/O)c1c[nH]c2ccccc12. The highest BCUT2D eigenvalue weighted by Crippen LogP contribution is 2.42. The molecule has 0 saturated carbocycles. The number of aliphatic hydroxyl groups is 1. The lowest BCUT2D eigenvalue weighted by Crippen LogP contribution is -2.29. The van der Waals surface area contributed by atoms with Crippen LogP contribution in [0.2, 0.25) is 10.0 Å². The Morgan fingerprint density at radius 2 is 1.82 bits per heavy atom. The number of nitrogens with zero attached hydrogens (tertiary/aromatic N) is 2. The van der Waals surface area contributed by atoms with Gasteiger partial charge in [-0.25, -0.2) is 0 Å². The number of ketones is 1. The highest BCUT2D eigenvalue weighted by molar-refractivity contribution is 6.47. The first-order valence-corrected chi connectivity index (χ1v) is 10.9. The lowest BCUT2D eigenvalue weighted by Gasteiger charge is -2.25. The molecule has 8 heteroatoms. The minimum Gasteiger partial charge on any atom is -0.507 e. The molecule has 3 heterocycles. The van der Waals surface area contributed by atoms with Gasteiger partial charge in [-0.15, -0.1) is 0 Å². The zero-order valence-corrected chi connectivity index (χ0v) is 18.6. The zero-order chi connectivity index (χ0) is 23.1. The number of carbonyl (C=O) groups excluding carboxylic acids is 2. The standard InChI is InChI=1S/C25H17Cl2N3O3/c26-18-9-8-14(11-19(18)27)22-21(23(31)17-12-29-20-7-2-1-6-16(17)20)24(32)25(33)30(22)13-15-5-3-4-10-28-15/h1-12,22,29,31H,13H2/b23-21-. The minimum absolute atomic E-state index is 0.0147. The average molecular weight is 478 g/mol. The Kier molecular flexibility index (Phi) is 5.40. The van der Waals surface area contributed by atoms with Crippen molar-refractivity contribution in [3.8, 4) is 0 Å². The zero-order valence-electron chi connectivity index (χ0n) is 17.1. The highest BCUT2D eigenvalue weighted by Gasteiger charge is 2.46. The Morgan fingerprint density at radius 1 is 1.03 bits per heavy atom. The number of Topliss-reactive ketones (excluding diaryl/α,β-unsaturated/α-hetero) is 1. The van der Waals surface area contributed by atoms with Crippen molar-refractivity contribution in [2.75, 3.05) is 0 Å². The van der Waals surface area contributed by atoms with E-state index in [1.807, 2.05) is 24.3 Å². The van der Waals surface area contributed by atoms with Gasteiger partial charge in [-0.2, -0.15) is 0 Å². The van der Waals surface area contributed by atoms with Crippen molar-refractivity contribution in [2.45, 2.75) is 12.6 Å². The van der Waals surface area contributed by atoms with Crippen LogP contribution < -0.4 is 0 Å². The highest BCUT2D eigenvalue weighted by atomic mass is 35.5. The molecule has 0 radical (unpaired) electrons. The molecule has 2 N–H and O–H groups in total. The molecule has 1 unspecified atom stereocenters. The molecular weight excluding hydrogens is 461 g/mol. The number of likely N-dealkylation sites (tertiary alicyclic amines) is 1. The fourth-order valence-corrected chi connectivity index (χ4v) is 4.46. The summed E-state index contributed by atoms with van der Waals surface area (Å²) in [5, 5.41) is 12.7. The number of H-pyrrole nitrogens is 1. The number of para-hydroxylation sites is 1. The van der Waals surface area contributed by atoms with E-state index in [0.29, 0.717) is 21.8 Å².